The van der Waals surface area contributed by atoms with Crippen LogP contribution in [0.25, 0.3) is 11.1 Å². The normalized spacial score (nSPS) is 13.7. The number of sulfonamides is 1. The predicted octanol–water partition coefficient (Wildman–Crippen LogP) is 4.05. The molecule has 0 aliphatic carbocycles. The SMILES string of the molecule is C[C@H](N[S@@+]([O-])C(C)(C)C)c1cc(=O)n(C)cc1-c1cc(NS(C)(=O)=O)c(F)cc1C(=O)c1ccc(F)cc1. The number of carbonyl (C=O) groups excluding carboxylic acids is 1. The van der Waals surface area contributed by atoms with Gasteiger partial charge in [-0.25, -0.2) is 17.2 Å². The van der Waals surface area contributed by atoms with Gasteiger partial charge in [-0.05, 0) is 75.2 Å². The summed E-state index contributed by atoms with van der Waals surface area (Å²) in [7, 11) is -2.40. The average molecular weight is 566 g/mol. The van der Waals surface area contributed by atoms with E-state index in [-0.39, 0.29) is 22.2 Å². The molecule has 12 heteroatoms. The summed E-state index contributed by atoms with van der Waals surface area (Å²) in [4.78, 5) is 26.1. The van der Waals surface area contributed by atoms with Gasteiger partial charge in [-0.2, -0.15) is 0 Å². The molecule has 0 saturated carbocycles. The van der Waals surface area contributed by atoms with Crippen LogP contribution in [0.5, 0.6) is 0 Å². The summed E-state index contributed by atoms with van der Waals surface area (Å²) in [6, 6.07) is 7.40. The molecule has 8 nitrogen and oxygen atoms in total. The Labute approximate surface area is 223 Å². The number of hydrogen-bond donors (Lipinski definition) is 2. The van der Waals surface area contributed by atoms with Crippen LogP contribution in [-0.4, -0.2) is 34.3 Å². The molecular weight excluding hydrogens is 536 g/mol. The fraction of sp³-hybridized carbons (Fsp3) is 0.308. The van der Waals surface area contributed by atoms with Gasteiger partial charge in [0.2, 0.25) is 10.0 Å². The van der Waals surface area contributed by atoms with Crippen LogP contribution in [0.15, 0.2) is 53.5 Å². The van der Waals surface area contributed by atoms with Gasteiger partial charge >= 0.3 is 0 Å². The first-order valence-corrected chi connectivity index (χ1v) is 14.5. The topological polar surface area (TPSA) is 120 Å². The Morgan fingerprint density at radius 3 is 2.24 bits per heavy atom. The van der Waals surface area contributed by atoms with Crippen LogP contribution in [0.4, 0.5) is 14.5 Å². The zero-order valence-corrected chi connectivity index (χ0v) is 23.4. The Kier molecular flexibility index (Phi) is 8.51. The minimum Gasteiger partial charge on any atom is -0.598 e. The number of benzene rings is 2. The summed E-state index contributed by atoms with van der Waals surface area (Å²) in [5, 5.41) is 0. The van der Waals surface area contributed by atoms with Gasteiger partial charge in [0.1, 0.15) is 16.4 Å². The maximum atomic E-state index is 15.1. The van der Waals surface area contributed by atoms with Crippen LogP contribution in [0, 0.1) is 11.6 Å². The lowest BCUT2D eigenvalue weighted by atomic mass is 9.90. The fourth-order valence-electron chi connectivity index (χ4n) is 3.65. The van der Waals surface area contributed by atoms with Crippen molar-refractivity contribution in [3.63, 3.8) is 0 Å². The van der Waals surface area contributed by atoms with Crippen molar-refractivity contribution < 1.29 is 26.5 Å². The number of anilines is 1. The lowest BCUT2D eigenvalue weighted by molar-refractivity contribution is 0.103. The summed E-state index contributed by atoms with van der Waals surface area (Å²) in [6.45, 7) is 7.01. The third-order valence-corrected chi connectivity index (χ3v) is 7.88. The highest BCUT2D eigenvalue weighted by Crippen LogP contribution is 2.35. The van der Waals surface area contributed by atoms with Gasteiger partial charge in [-0.15, -0.1) is 4.72 Å². The van der Waals surface area contributed by atoms with Crippen molar-refractivity contribution in [1.82, 2.24) is 9.29 Å². The zero-order valence-electron chi connectivity index (χ0n) is 21.8. The molecule has 0 bridgehead atoms. The minimum absolute atomic E-state index is 0.0715. The van der Waals surface area contributed by atoms with Crippen LogP contribution in [0.2, 0.25) is 0 Å². The number of aromatic nitrogens is 1. The summed E-state index contributed by atoms with van der Waals surface area (Å²) in [6.07, 6.45) is 2.30. The molecular formula is C26H29F2N3O5S2. The molecule has 0 saturated heterocycles. The smallest absolute Gasteiger partial charge is 0.250 e. The number of carbonyl (C=O) groups is 1. The minimum atomic E-state index is -3.89. The van der Waals surface area contributed by atoms with E-state index in [1.54, 1.807) is 27.7 Å². The van der Waals surface area contributed by atoms with Gasteiger partial charge in [-0.3, -0.25) is 14.3 Å². The highest BCUT2D eigenvalue weighted by molar-refractivity contribution is 7.92. The van der Waals surface area contributed by atoms with Crippen molar-refractivity contribution in [1.29, 1.82) is 0 Å². The molecule has 2 N–H and O–H groups in total. The first kappa shape index (κ1) is 29.5. The zero-order chi connectivity index (χ0) is 28.6. The molecule has 0 fully saturated rings. The van der Waals surface area contributed by atoms with E-state index < -0.39 is 55.3 Å². The molecule has 0 spiro atoms. The number of nitrogens with zero attached hydrogens (tertiary/aromatic N) is 1. The van der Waals surface area contributed by atoms with E-state index in [0.29, 0.717) is 11.1 Å². The number of ketones is 1. The van der Waals surface area contributed by atoms with Crippen molar-refractivity contribution in [3.05, 3.63) is 87.3 Å². The van der Waals surface area contributed by atoms with Crippen molar-refractivity contribution >= 4 is 32.9 Å². The number of hydrogen-bond acceptors (Lipinski definition) is 6. The predicted molar refractivity (Wildman–Crippen MR) is 145 cm³/mol. The van der Waals surface area contributed by atoms with E-state index in [9.17, 15) is 27.0 Å². The highest BCUT2D eigenvalue weighted by atomic mass is 32.2. The third-order valence-electron chi connectivity index (χ3n) is 5.61. The maximum Gasteiger partial charge on any atom is 0.250 e. The Morgan fingerprint density at radius 2 is 1.68 bits per heavy atom. The molecule has 0 amide bonds. The molecule has 0 unspecified atom stereocenters. The Bertz CT molecular complexity index is 1530. The van der Waals surface area contributed by atoms with Gasteiger partial charge in [0, 0.05) is 47.4 Å². The first-order chi connectivity index (χ1) is 17.5. The van der Waals surface area contributed by atoms with Gasteiger partial charge in [0.25, 0.3) is 5.56 Å². The van der Waals surface area contributed by atoms with Crippen molar-refractivity contribution in [2.75, 3.05) is 11.0 Å². The van der Waals surface area contributed by atoms with Crippen molar-refractivity contribution in [3.8, 4) is 11.1 Å². The Balaban J connectivity index is 2.31. The summed E-state index contributed by atoms with van der Waals surface area (Å²) >= 11 is -1.53. The molecule has 3 aromatic rings. The van der Waals surface area contributed by atoms with E-state index in [1.165, 1.54) is 42.1 Å². The molecule has 2 atom stereocenters. The first-order valence-electron chi connectivity index (χ1n) is 11.5. The van der Waals surface area contributed by atoms with Gasteiger partial charge < -0.3 is 9.12 Å². The van der Waals surface area contributed by atoms with E-state index in [0.717, 1.165) is 24.5 Å². The van der Waals surface area contributed by atoms with Crippen LogP contribution in [0.3, 0.4) is 0 Å². The molecule has 1 heterocycles. The van der Waals surface area contributed by atoms with Crippen molar-refractivity contribution in [2.24, 2.45) is 7.05 Å². The number of halogens is 2. The van der Waals surface area contributed by atoms with Gasteiger partial charge in [0.15, 0.2) is 5.78 Å². The summed E-state index contributed by atoms with van der Waals surface area (Å²) in [5.41, 5.74) is -0.0818. The molecule has 3 rings (SSSR count). The quantitative estimate of drug-likeness (QED) is 0.314. The second-order valence-corrected chi connectivity index (χ2v) is 13.6. The van der Waals surface area contributed by atoms with Crippen LogP contribution in [0.1, 0.15) is 55.2 Å². The lowest BCUT2D eigenvalue weighted by Crippen LogP contribution is -2.41. The number of nitrogens with one attached hydrogen (secondary N) is 2. The second-order valence-electron chi connectivity index (χ2n) is 9.90. The van der Waals surface area contributed by atoms with Crippen LogP contribution in [-0.2, 0) is 28.4 Å². The molecule has 204 valence electrons. The third kappa shape index (κ3) is 6.87. The van der Waals surface area contributed by atoms with Crippen LogP contribution < -0.4 is 15.0 Å². The Morgan fingerprint density at radius 1 is 1.08 bits per heavy atom. The maximum absolute atomic E-state index is 15.1. The lowest BCUT2D eigenvalue weighted by Gasteiger charge is -2.27. The standard InChI is InChI=1S/C26H29F2N3O5S2/c1-15(29-37(34)26(2,3)4)18-13-24(32)31(5)14-21(18)19-12-23(30-38(6,35)36)22(28)11-20(19)25(33)16-7-9-17(27)10-8-16/h7-15,29-30H,1-6H3/t15-,37-/m0/s1. The number of aryl methyl sites for hydroxylation is 1. The molecule has 38 heavy (non-hydrogen) atoms. The molecule has 0 radical (unpaired) electrons. The summed E-state index contributed by atoms with van der Waals surface area (Å²) < 4.78 is 70.8. The van der Waals surface area contributed by atoms with Gasteiger partial charge in [0.05, 0.1) is 18.0 Å². The van der Waals surface area contributed by atoms with E-state index in [1.807, 2.05) is 0 Å². The van der Waals surface area contributed by atoms with Crippen molar-refractivity contribution in [2.45, 2.75) is 38.5 Å². The largest absolute Gasteiger partial charge is 0.598 e. The fourth-order valence-corrected chi connectivity index (χ4v) is 5.00. The Hall–Kier alpha value is -3.06. The van der Waals surface area contributed by atoms with E-state index in [2.05, 4.69) is 9.44 Å². The van der Waals surface area contributed by atoms with E-state index >= 15 is 4.39 Å². The number of pyridine rings is 1. The van der Waals surface area contributed by atoms with Crippen LogP contribution >= 0.6 is 0 Å². The molecule has 2 aromatic carbocycles. The molecule has 0 aliphatic heterocycles. The number of rotatable bonds is 8. The second kappa shape index (κ2) is 11.0. The van der Waals surface area contributed by atoms with E-state index in [4.69, 9.17) is 0 Å². The molecule has 1 aromatic heterocycles. The average Bonchev–Trinajstić information content (AvgIpc) is 2.80. The summed E-state index contributed by atoms with van der Waals surface area (Å²) in [5.74, 6) is -2.22. The monoisotopic (exact) mass is 565 g/mol. The van der Waals surface area contributed by atoms with Gasteiger partial charge in [-0.1, -0.05) is 0 Å². The molecule has 0 aliphatic rings. The highest BCUT2D eigenvalue weighted by Gasteiger charge is 2.30.